The minimum absolute atomic E-state index is 0.00823. The lowest BCUT2D eigenvalue weighted by molar-refractivity contribution is -0.384. The SMILES string of the molecule is Cc1ccc(Nc2nnc(SC(C)c3nnc(-c4ccc([N+](=O)[O-])cc4)o3)s2)cc1C. The predicted molar refractivity (Wildman–Crippen MR) is 120 cm³/mol. The van der Waals surface area contributed by atoms with E-state index in [1.165, 1.54) is 46.4 Å². The molecule has 2 aromatic carbocycles. The maximum Gasteiger partial charge on any atom is 0.269 e. The Morgan fingerprint density at radius 3 is 2.55 bits per heavy atom. The number of anilines is 2. The van der Waals surface area contributed by atoms with Crippen LogP contribution in [-0.4, -0.2) is 25.3 Å². The summed E-state index contributed by atoms with van der Waals surface area (Å²) in [6, 6.07) is 12.1. The Kier molecular flexibility index (Phi) is 5.96. The topological polar surface area (TPSA) is 120 Å². The lowest BCUT2D eigenvalue weighted by Gasteiger charge is -2.05. The molecular formula is C20H18N6O3S2. The molecule has 1 atom stereocenters. The monoisotopic (exact) mass is 454 g/mol. The van der Waals surface area contributed by atoms with Crippen LogP contribution < -0.4 is 5.32 Å². The first-order valence-corrected chi connectivity index (χ1v) is 11.0. The van der Waals surface area contributed by atoms with Gasteiger partial charge in [-0.3, -0.25) is 10.1 Å². The number of non-ortho nitro benzene ring substituents is 1. The van der Waals surface area contributed by atoms with Gasteiger partial charge in [-0.1, -0.05) is 29.2 Å². The van der Waals surface area contributed by atoms with Crippen LogP contribution in [0.3, 0.4) is 0 Å². The van der Waals surface area contributed by atoms with Crippen LogP contribution in [0.25, 0.3) is 11.5 Å². The summed E-state index contributed by atoms with van der Waals surface area (Å²) in [5.41, 5.74) is 4.04. The Hall–Kier alpha value is -3.31. The molecule has 0 radical (unpaired) electrons. The smallest absolute Gasteiger partial charge is 0.269 e. The van der Waals surface area contributed by atoms with E-state index in [-0.39, 0.29) is 10.9 Å². The number of nitrogens with zero attached hydrogens (tertiary/aromatic N) is 5. The molecule has 9 nitrogen and oxygen atoms in total. The summed E-state index contributed by atoms with van der Waals surface area (Å²) in [4.78, 5) is 10.3. The number of aromatic nitrogens is 4. The highest BCUT2D eigenvalue weighted by Gasteiger charge is 2.19. The number of aryl methyl sites for hydroxylation is 2. The van der Waals surface area contributed by atoms with Gasteiger partial charge in [-0.05, 0) is 56.2 Å². The van der Waals surface area contributed by atoms with Crippen LogP contribution >= 0.6 is 23.1 Å². The number of nitro benzene ring substituents is 1. The second-order valence-corrected chi connectivity index (χ2v) is 9.37. The van der Waals surface area contributed by atoms with Gasteiger partial charge in [-0.2, -0.15) is 0 Å². The Balaban J connectivity index is 1.41. The summed E-state index contributed by atoms with van der Waals surface area (Å²) in [6.45, 7) is 6.08. The van der Waals surface area contributed by atoms with E-state index in [4.69, 9.17) is 4.42 Å². The number of hydrogen-bond acceptors (Lipinski definition) is 10. The number of benzene rings is 2. The van der Waals surface area contributed by atoms with Crippen LogP contribution in [0.5, 0.6) is 0 Å². The third kappa shape index (κ3) is 4.89. The molecule has 0 saturated heterocycles. The standard InChI is InChI=1S/C20H18N6O3S2/c1-11-4-7-15(10-12(11)2)21-19-24-25-20(31-19)30-13(3)17-22-23-18(29-17)14-5-8-16(9-6-14)26(27)28/h4-10,13H,1-3H3,(H,21,24). The van der Waals surface area contributed by atoms with Crippen LogP contribution in [0.15, 0.2) is 51.2 Å². The third-order valence-corrected chi connectivity index (χ3v) is 6.57. The zero-order valence-electron chi connectivity index (χ0n) is 16.9. The van der Waals surface area contributed by atoms with Gasteiger partial charge < -0.3 is 9.73 Å². The van der Waals surface area contributed by atoms with E-state index < -0.39 is 4.92 Å². The van der Waals surface area contributed by atoms with Gasteiger partial charge in [0, 0.05) is 23.4 Å². The molecule has 0 amide bonds. The molecule has 0 aliphatic carbocycles. The van der Waals surface area contributed by atoms with Crippen molar-refractivity contribution in [3.8, 4) is 11.5 Å². The summed E-state index contributed by atoms with van der Waals surface area (Å²) < 4.78 is 6.53. The van der Waals surface area contributed by atoms with E-state index in [2.05, 4.69) is 51.7 Å². The van der Waals surface area contributed by atoms with Crippen molar-refractivity contribution in [1.29, 1.82) is 0 Å². The fourth-order valence-electron chi connectivity index (χ4n) is 2.69. The molecular weight excluding hydrogens is 436 g/mol. The van der Waals surface area contributed by atoms with Gasteiger partial charge in [0.1, 0.15) is 0 Å². The molecule has 2 aromatic heterocycles. The average molecular weight is 455 g/mol. The van der Waals surface area contributed by atoms with Crippen molar-refractivity contribution >= 4 is 39.6 Å². The quantitative estimate of drug-likeness (QED) is 0.213. The Bertz CT molecular complexity index is 1220. The summed E-state index contributed by atoms with van der Waals surface area (Å²) in [5, 5.41) is 31.2. The normalized spacial score (nSPS) is 12.0. The summed E-state index contributed by atoms with van der Waals surface area (Å²) in [7, 11) is 0. The van der Waals surface area contributed by atoms with Crippen molar-refractivity contribution in [2.45, 2.75) is 30.4 Å². The van der Waals surface area contributed by atoms with Crippen molar-refractivity contribution in [3.63, 3.8) is 0 Å². The molecule has 4 aromatic rings. The second kappa shape index (κ2) is 8.82. The van der Waals surface area contributed by atoms with Crippen molar-refractivity contribution in [3.05, 3.63) is 69.6 Å². The van der Waals surface area contributed by atoms with Crippen molar-refractivity contribution in [2.75, 3.05) is 5.32 Å². The van der Waals surface area contributed by atoms with Gasteiger partial charge in [0.05, 0.1) is 10.2 Å². The van der Waals surface area contributed by atoms with E-state index in [1.807, 2.05) is 13.0 Å². The lowest BCUT2D eigenvalue weighted by Crippen LogP contribution is -1.91. The Morgan fingerprint density at radius 2 is 1.84 bits per heavy atom. The highest BCUT2D eigenvalue weighted by atomic mass is 32.2. The number of hydrogen-bond donors (Lipinski definition) is 1. The number of thioether (sulfide) groups is 1. The van der Waals surface area contributed by atoms with Crippen molar-refractivity contribution < 1.29 is 9.34 Å². The van der Waals surface area contributed by atoms with E-state index in [9.17, 15) is 10.1 Å². The molecule has 0 spiro atoms. The van der Waals surface area contributed by atoms with E-state index in [0.29, 0.717) is 22.5 Å². The molecule has 0 saturated carbocycles. The molecule has 0 aliphatic heterocycles. The molecule has 0 bridgehead atoms. The minimum Gasteiger partial charge on any atom is -0.419 e. The van der Waals surface area contributed by atoms with Crippen LogP contribution in [0.1, 0.15) is 29.2 Å². The fourth-order valence-corrected chi connectivity index (χ4v) is 4.64. The molecule has 0 fully saturated rings. The number of rotatable bonds is 7. The first-order chi connectivity index (χ1) is 14.9. The first kappa shape index (κ1) is 20.9. The molecule has 31 heavy (non-hydrogen) atoms. The Labute approximate surface area is 186 Å². The van der Waals surface area contributed by atoms with Crippen LogP contribution in [0, 0.1) is 24.0 Å². The van der Waals surface area contributed by atoms with Gasteiger partial charge in [-0.15, -0.1) is 20.4 Å². The maximum absolute atomic E-state index is 10.8. The summed E-state index contributed by atoms with van der Waals surface area (Å²) in [6.07, 6.45) is 0. The van der Waals surface area contributed by atoms with Crippen molar-refractivity contribution in [1.82, 2.24) is 20.4 Å². The number of nitrogens with one attached hydrogen (secondary N) is 1. The van der Waals surface area contributed by atoms with Gasteiger partial charge in [0.25, 0.3) is 5.69 Å². The maximum atomic E-state index is 10.8. The largest absolute Gasteiger partial charge is 0.419 e. The highest BCUT2D eigenvalue weighted by Crippen LogP contribution is 2.38. The molecule has 1 unspecified atom stereocenters. The van der Waals surface area contributed by atoms with E-state index in [0.717, 1.165) is 10.0 Å². The lowest BCUT2D eigenvalue weighted by atomic mass is 10.1. The predicted octanol–water partition coefficient (Wildman–Crippen LogP) is 5.71. The van der Waals surface area contributed by atoms with E-state index in [1.54, 1.807) is 12.1 Å². The second-order valence-electron chi connectivity index (χ2n) is 6.81. The van der Waals surface area contributed by atoms with Gasteiger partial charge in [0.15, 0.2) is 4.34 Å². The first-order valence-electron chi connectivity index (χ1n) is 9.31. The zero-order chi connectivity index (χ0) is 22.0. The van der Waals surface area contributed by atoms with Crippen LogP contribution in [-0.2, 0) is 0 Å². The molecule has 4 rings (SSSR count). The fraction of sp³-hybridized carbons (Fsp3) is 0.200. The average Bonchev–Trinajstić information content (AvgIpc) is 3.41. The molecule has 0 aliphatic rings. The Morgan fingerprint density at radius 1 is 1.06 bits per heavy atom. The minimum atomic E-state index is -0.451. The molecule has 2 heterocycles. The summed E-state index contributed by atoms with van der Waals surface area (Å²) >= 11 is 2.91. The van der Waals surface area contributed by atoms with Crippen molar-refractivity contribution in [2.24, 2.45) is 0 Å². The van der Waals surface area contributed by atoms with Gasteiger partial charge >= 0.3 is 0 Å². The van der Waals surface area contributed by atoms with E-state index >= 15 is 0 Å². The third-order valence-electron chi connectivity index (χ3n) is 4.56. The zero-order valence-corrected chi connectivity index (χ0v) is 18.5. The van der Waals surface area contributed by atoms with Gasteiger partial charge in [0.2, 0.25) is 16.9 Å². The highest BCUT2D eigenvalue weighted by molar-refractivity contribution is 8.01. The van der Waals surface area contributed by atoms with Crippen LogP contribution in [0.4, 0.5) is 16.5 Å². The number of nitro groups is 1. The van der Waals surface area contributed by atoms with Crippen LogP contribution in [0.2, 0.25) is 0 Å². The molecule has 1 N–H and O–H groups in total. The van der Waals surface area contributed by atoms with Gasteiger partial charge in [-0.25, -0.2) is 0 Å². The molecule has 158 valence electrons. The summed E-state index contributed by atoms with van der Waals surface area (Å²) in [5.74, 6) is 0.754. The molecule has 11 heteroatoms.